The standard InChI is InChI=1S/C28H28N8O3/c1-17-11-12-20-21(19-8-4-3-7-18(19)2)14-25(27(38)34(15-26(29)37)24(20)13-17)35(28(30)39)22-9-5-6-10-23(22)36-32-16-31-33-36/h3-13,16,21,25H,14-15H2,1-2H3,(H2,29,37)(H2,30,39). The van der Waals surface area contributed by atoms with Crippen molar-refractivity contribution in [2.75, 3.05) is 16.3 Å². The zero-order chi connectivity index (χ0) is 27.7. The van der Waals surface area contributed by atoms with Crippen molar-refractivity contribution in [3.8, 4) is 5.69 Å². The van der Waals surface area contributed by atoms with E-state index < -0.39 is 23.9 Å². The lowest BCUT2D eigenvalue weighted by molar-refractivity contribution is -0.123. The third-order valence-electron chi connectivity index (χ3n) is 6.99. The van der Waals surface area contributed by atoms with Gasteiger partial charge in [-0.1, -0.05) is 48.5 Å². The van der Waals surface area contributed by atoms with Gasteiger partial charge in [0.05, 0.1) is 5.69 Å². The second-order valence-electron chi connectivity index (χ2n) is 9.54. The number of nitrogens with two attached hydrogens (primary N) is 2. The lowest BCUT2D eigenvalue weighted by Crippen LogP contribution is -2.54. The average Bonchev–Trinajstić information content (AvgIpc) is 3.42. The smallest absolute Gasteiger partial charge is 0.320 e. The Balaban J connectivity index is 1.74. The van der Waals surface area contributed by atoms with E-state index in [-0.39, 0.29) is 18.9 Å². The highest BCUT2D eigenvalue weighted by molar-refractivity contribution is 6.09. The summed E-state index contributed by atoms with van der Waals surface area (Å²) in [6.45, 7) is 3.56. The minimum Gasteiger partial charge on any atom is -0.368 e. The van der Waals surface area contributed by atoms with Crippen molar-refractivity contribution in [3.05, 3.63) is 95.3 Å². The summed E-state index contributed by atoms with van der Waals surface area (Å²) in [5.74, 6) is -1.45. The van der Waals surface area contributed by atoms with Crippen LogP contribution in [-0.2, 0) is 9.59 Å². The fraction of sp³-hybridized carbons (Fsp3) is 0.214. The number of hydrogen-bond acceptors (Lipinski definition) is 6. The summed E-state index contributed by atoms with van der Waals surface area (Å²) in [4.78, 5) is 43.6. The number of amides is 4. The molecule has 0 fully saturated rings. The van der Waals surface area contributed by atoms with Crippen LogP contribution in [0.1, 0.15) is 34.6 Å². The Morgan fingerprint density at radius 1 is 0.974 bits per heavy atom. The van der Waals surface area contributed by atoms with Crippen LogP contribution in [0.4, 0.5) is 16.2 Å². The fourth-order valence-electron chi connectivity index (χ4n) is 5.29. The highest BCUT2D eigenvalue weighted by Crippen LogP contribution is 2.42. The molecule has 0 saturated carbocycles. The molecule has 3 aromatic carbocycles. The number of urea groups is 1. The molecule has 1 aliphatic heterocycles. The zero-order valence-corrected chi connectivity index (χ0v) is 21.6. The van der Waals surface area contributed by atoms with Crippen molar-refractivity contribution < 1.29 is 14.4 Å². The predicted molar refractivity (Wildman–Crippen MR) is 145 cm³/mol. The molecule has 1 aliphatic rings. The van der Waals surface area contributed by atoms with E-state index in [1.807, 2.05) is 56.3 Å². The normalized spacial score (nSPS) is 16.9. The van der Waals surface area contributed by atoms with E-state index >= 15 is 0 Å². The maximum Gasteiger partial charge on any atom is 0.320 e. The molecule has 11 heteroatoms. The van der Waals surface area contributed by atoms with Crippen molar-refractivity contribution in [1.29, 1.82) is 0 Å². The van der Waals surface area contributed by atoms with E-state index in [0.29, 0.717) is 17.1 Å². The van der Waals surface area contributed by atoms with E-state index in [0.717, 1.165) is 22.3 Å². The SMILES string of the molecule is Cc1ccc2c(c1)N(CC(N)=O)C(=O)C(N(C(N)=O)c1ccccc1-n1ncnn1)CC2c1ccccc1C. The van der Waals surface area contributed by atoms with Crippen LogP contribution in [0.25, 0.3) is 5.69 Å². The molecule has 11 nitrogen and oxygen atoms in total. The fourth-order valence-corrected chi connectivity index (χ4v) is 5.29. The van der Waals surface area contributed by atoms with Gasteiger partial charge >= 0.3 is 6.03 Å². The Labute approximate surface area is 225 Å². The van der Waals surface area contributed by atoms with Crippen LogP contribution in [0.3, 0.4) is 0 Å². The first kappa shape index (κ1) is 25.6. The van der Waals surface area contributed by atoms with E-state index in [1.165, 1.54) is 20.9 Å². The second-order valence-corrected chi connectivity index (χ2v) is 9.54. The number of carbonyl (C=O) groups is 3. The Kier molecular flexibility index (Phi) is 6.80. The molecule has 0 aliphatic carbocycles. The summed E-state index contributed by atoms with van der Waals surface area (Å²) in [6, 6.07) is 18.6. The maximum absolute atomic E-state index is 14.4. The predicted octanol–water partition coefficient (Wildman–Crippen LogP) is 2.59. The molecule has 39 heavy (non-hydrogen) atoms. The molecule has 4 amide bonds. The highest BCUT2D eigenvalue weighted by atomic mass is 16.2. The first-order chi connectivity index (χ1) is 18.8. The Morgan fingerprint density at radius 2 is 1.72 bits per heavy atom. The first-order valence-electron chi connectivity index (χ1n) is 12.4. The summed E-state index contributed by atoms with van der Waals surface area (Å²) in [6.07, 6.45) is 1.47. The van der Waals surface area contributed by atoms with Crippen LogP contribution in [0.5, 0.6) is 0 Å². The number of aryl methyl sites for hydroxylation is 2. The van der Waals surface area contributed by atoms with Gasteiger partial charge in [0.1, 0.15) is 18.3 Å². The number of carbonyl (C=O) groups excluding carboxylic acids is 3. The number of tetrazole rings is 1. The summed E-state index contributed by atoms with van der Waals surface area (Å²) < 4.78 is 0. The molecule has 2 unspecified atom stereocenters. The van der Waals surface area contributed by atoms with Gasteiger partial charge in [-0.05, 0) is 65.9 Å². The number of primary amides is 2. The summed E-state index contributed by atoms with van der Waals surface area (Å²) in [5.41, 5.74) is 16.7. The number of rotatable bonds is 6. The molecule has 4 aromatic rings. The van der Waals surface area contributed by atoms with Gasteiger partial charge in [0.2, 0.25) is 5.91 Å². The highest BCUT2D eigenvalue weighted by Gasteiger charge is 2.42. The molecule has 0 saturated heterocycles. The number of para-hydroxylation sites is 2. The number of nitrogens with zero attached hydrogens (tertiary/aromatic N) is 6. The third-order valence-corrected chi connectivity index (χ3v) is 6.99. The zero-order valence-electron chi connectivity index (χ0n) is 21.6. The lowest BCUT2D eigenvalue weighted by atomic mass is 9.83. The minimum absolute atomic E-state index is 0.205. The van der Waals surface area contributed by atoms with Crippen LogP contribution in [0.15, 0.2) is 73.1 Å². The molecule has 4 N–H and O–H groups in total. The number of hydrogen-bond donors (Lipinski definition) is 2. The Morgan fingerprint density at radius 3 is 2.41 bits per heavy atom. The molecule has 1 aromatic heterocycles. The van der Waals surface area contributed by atoms with Crippen molar-refractivity contribution in [2.45, 2.75) is 32.2 Å². The third kappa shape index (κ3) is 4.81. The molecule has 2 heterocycles. The van der Waals surface area contributed by atoms with Gasteiger partial charge in [-0.15, -0.1) is 15.0 Å². The first-order valence-corrected chi connectivity index (χ1v) is 12.4. The van der Waals surface area contributed by atoms with Crippen LogP contribution >= 0.6 is 0 Å². The van der Waals surface area contributed by atoms with Crippen LogP contribution < -0.4 is 21.3 Å². The van der Waals surface area contributed by atoms with E-state index in [4.69, 9.17) is 11.5 Å². The molecule has 0 radical (unpaired) electrons. The number of aromatic nitrogens is 4. The minimum atomic E-state index is -1.08. The van der Waals surface area contributed by atoms with E-state index in [1.54, 1.807) is 24.3 Å². The van der Waals surface area contributed by atoms with Crippen molar-refractivity contribution in [1.82, 2.24) is 20.2 Å². The monoisotopic (exact) mass is 524 g/mol. The Bertz CT molecular complexity index is 1550. The van der Waals surface area contributed by atoms with Gasteiger partial charge in [-0.25, -0.2) is 4.79 Å². The molecule has 2 atom stereocenters. The number of anilines is 2. The maximum atomic E-state index is 14.4. The molecular formula is C28H28N8O3. The van der Waals surface area contributed by atoms with Crippen LogP contribution in [0.2, 0.25) is 0 Å². The molecular weight excluding hydrogens is 496 g/mol. The summed E-state index contributed by atoms with van der Waals surface area (Å²) >= 11 is 0. The second kappa shape index (κ2) is 10.4. The quantitative estimate of drug-likeness (QED) is 0.395. The summed E-state index contributed by atoms with van der Waals surface area (Å²) in [7, 11) is 0. The molecule has 0 bridgehead atoms. The molecule has 198 valence electrons. The summed E-state index contributed by atoms with van der Waals surface area (Å²) in [5, 5.41) is 11.8. The Hall–Kier alpha value is -5.06. The van der Waals surface area contributed by atoms with Crippen molar-refractivity contribution in [2.24, 2.45) is 11.5 Å². The van der Waals surface area contributed by atoms with Crippen LogP contribution in [0, 0.1) is 13.8 Å². The lowest BCUT2D eigenvalue weighted by Gasteiger charge is -2.33. The van der Waals surface area contributed by atoms with Crippen molar-refractivity contribution >= 4 is 29.2 Å². The van der Waals surface area contributed by atoms with Gasteiger partial charge in [0.25, 0.3) is 5.91 Å². The largest absolute Gasteiger partial charge is 0.368 e. The molecule has 0 spiro atoms. The molecule has 5 rings (SSSR count). The van der Waals surface area contributed by atoms with Gasteiger partial charge in [-0.3, -0.25) is 14.5 Å². The topological polar surface area (TPSA) is 153 Å². The van der Waals surface area contributed by atoms with Gasteiger partial charge in [0.15, 0.2) is 6.33 Å². The van der Waals surface area contributed by atoms with E-state index in [9.17, 15) is 14.4 Å². The number of fused-ring (bicyclic) bond motifs is 1. The average molecular weight is 525 g/mol. The van der Waals surface area contributed by atoms with Gasteiger partial charge in [0, 0.05) is 11.6 Å². The van der Waals surface area contributed by atoms with Gasteiger partial charge < -0.3 is 16.4 Å². The number of benzene rings is 3. The van der Waals surface area contributed by atoms with Crippen LogP contribution in [-0.4, -0.2) is 50.6 Å². The van der Waals surface area contributed by atoms with E-state index in [2.05, 4.69) is 15.4 Å². The van der Waals surface area contributed by atoms with Crippen molar-refractivity contribution in [3.63, 3.8) is 0 Å². The van der Waals surface area contributed by atoms with Gasteiger partial charge in [-0.2, -0.15) is 0 Å².